The van der Waals surface area contributed by atoms with Gasteiger partial charge >= 0.3 is 0 Å². The van der Waals surface area contributed by atoms with Crippen LogP contribution in [0, 0.1) is 6.92 Å². The number of fused-ring (bicyclic) bond motifs is 1. The van der Waals surface area contributed by atoms with Crippen LogP contribution in [0.1, 0.15) is 55.1 Å². The molecule has 2 amide bonds. The minimum Gasteiger partial charge on any atom is -0.463 e. The van der Waals surface area contributed by atoms with Crippen LogP contribution in [0.4, 0.5) is 5.69 Å². The second-order valence-electron chi connectivity index (χ2n) is 9.11. The first-order valence-electron chi connectivity index (χ1n) is 11.3. The van der Waals surface area contributed by atoms with Crippen LogP contribution in [0.25, 0.3) is 11.5 Å². The first-order valence-corrected chi connectivity index (χ1v) is 11.3. The Morgan fingerprint density at radius 1 is 1.16 bits per heavy atom. The molecule has 3 aromatic rings. The summed E-state index contributed by atoms with van der Waals surface area (Å²) in [7, 11) is 0. The summed E-state index contributed by atoms with van der Waals surface area (Å²) < 4.78 is 7.12. The predicted octanol–water partition coefficient (Wildman–Crippen LogP) is 4.32. The van der Waals surface area contributed by atoms with Crippen LogP contribution in [0.5, 0.6) is 0 Å². The van der Waals surface area contributed by atoms with Crippen molar-refractivity contribution in [1.82, 2.24) is 15.1 Å². The summed E-state index contributed by atoms with van der Waals surface area (Å²) in [5.74, 6) is 0.209. The Bertz CT molecular complexity index is 1130. The van der Waals surface area contributed by atoms with Crippen molar-refractivity contribution < 1.29 is 14.0 Å². The molecule has 1 aliphatic heterocycles. The van der Waals surface area contributed by atoms with Gasteiger partial charge in [0.05, 0.1) is 12.8 Å². The molecule has 2 aliphatic rings. The average Bonchev–Trinajstić information content (AvgIpc) is 3.46. The molecule has 1 unspecified atom stereocenters. The van der Waals surface area contributed by atoms with E-state index in [1.807, 2.05) is 44.2 Å². The van der Waals surface area contributed by atoms with Gasteiger partial charge in [-0.05, 0) is 51.0 Å². The lowest BCUT2D eigenvalue weighted by atomic mass is 9.91. The number of hydrogen-bond donors (Lipinski definition) is 1. The highest BCUT2D eigenvalue weighted by Crippen LogP contribution is 2.34. The average molecular weight is 433 g/mol. The smallest absolute Gasteiger partial charge is 0.277 e. The SMILES string of the molecule is Cc1ccc(N2C(=O)c3cc(-c4ccco4)nn3CC2(C)C(=O)NC2CCCCC2)cc1. The molecule has 0 saturated heterocycles. The number of furan rings is 1. The van der Waals surface area contributed by atoms with Crippen molar-refractivity contribution in [2.75, 3.05) is 4.90 Å². The normalized spacial score (nSPS) is 21.4. The number of carbonyl (C=O) groups is 2. The highest BCUT2D eigenvalue weighted by Gasteiger charge is 2.49. The van der Waals surface area contributed by atoms with Gasteiger partial charge in [0.1, 0.15) is 16.9 Å². The van der Waals surface area contributed by atoms with Gasteiger partial charge < -0.3 is 9.73 Å². The van der Waals surface area contributed by atoms with E-state index in [2.05, 4.69) is 10.4 Å². The number of rotatable bonds is 4. The van der Waals surface area contributed by atoms with Gasteiger partial charge in [-0.3, -0.25) is 19.2 Å². The molecule has 1 aromatic carbocycles. The van der Waals surface area contributed by atoms with Gasteiger partial charge in [0.2, 0.25) is 5.91 Å². The number of benzene rings is 1. The van der Waals surface area contributed by atoms with E-state index in [0.717, 1.165) is 31.2 Å². The fourth-order valence-corrected chi connectivity index (χ4v) is 4.81. The van der Waals surface area contributed by atoms with Gasteiger partial charge in [-0.2, -0.15) is 5.10 Å². The van der Waals surface area contributed by atoms with Gasteiger partial charge in [-0.15, -0.1) is 0 Å². The van der Waals surface area contributed by atoms with Gasteiger partial charge in [0.15, 0.2) is 5.76 Å². The summed E-state index contributed by atoms with van der Waals surface area (Å²) in [6, 6.07) is 13.2. The lowest BCUT2D eigenvalue weighted by molar-refractivity contribution is -0.127. The minimum atomic E-state index is -1.11. The van der Waals surface area contributed by atoms with E-state index in [1.54, 1.807) is 28.0 Å². The van der Waals surface area contributed by atoms with Crippen molar-refractivity contribution in [2.24, 2.45) is 0 Å². The Labute approximate surface area is 187 Å². The van der Waals surface area contributed by atoms with Crippen LogP contribution in [0.3, 0.4) is 0 Å². The molecule has 5 rings (SSSR count). The maximum Gasteiger partial charge on any atom is 0.277 e. The third-order valence-corrected chi connectivity index (χ3v) is 6.65. The molecule has 1 atom stereocenters. The lowest BCUT2D eigenvalue weighted by Crippen LogP contribution is -2.65. The molecule has 7 nitrogen and oxygen atoms in total. The van der Waals surface area contributed by atoms with E-state index in [0.29, 0.717) is 22.8 Å². The third-order valence-electron chi connectivity index (χ3n) is 6.65. The molecule has 2 aromatic heterocycles. The Morgan fingerprint density at radius 3 is 2.59 bits per heavy atom. The summed E-state index contributed by atoms with van der Waals surface area (Å²) in [6.45, 7) is 4.10. The maximum absolute atomic E-state index is 13.8. The summed E-state index contributed by atoms with van der Waals surface area (Å²) in [5.41, 5.74) is 1.72. The van der Waals surface area contributed by atoms with Gasteiger partial charge in [0.25, 0.3) is 5.91 Å². The molecule has 0 spiro atoms. The first-order chi connectivity index (χ1) is 15.5. The van der Waals surface area contributed by atoms with Gasteiger partial charge in [-0.25, -0.2) is 0 Å². The van der Waals surface area contributed by atoms with Crippen LogP contribution < -0.4 is 10.2 Å². The van der Waals surface area contributed by atoms with Crippen LogP contribution in [-0.2, 0) is 11.3 Å². The number of amides is 2. The molecule has 166 valence electrons. The number of hydrogen-bond acceptors (Lipinski definition) is 4. The van der Waals surface area contributed by atoms with Crippen LogP contribution in [0.2, 0.25) is 0 Å². The number of aromatic nitrogens is 2. The fraction of sp³-hybridized carbons (Fsp3) is 0.400. The van der Waals surface area contributed by atoms with Crippen molar-refractivity contribution in [1.29, 1.82) is 0 Å². The molecule has 1 aliphatic carbocycles. The maximum atomic E-state index is 13.8. The molecule has 0 bridgehead atoms. The molecule has 0 radical (unpaired) electrons. The van der Waals surface area contributed by atoms with E-state index < -0.39 is 5.54 Å². The van der Waals surface area contributed by atoms with E-state index in [9.17, 15) is 9.59 Å². The number of nitrogens with one attached hydrogen (secondary N) is 1. The van der Waals surface area contributed by atoms with E-state index in [1.165, 1.54) is 6.42 Å². The zero-order valence-electron chi connectivity index (χ0n) is 18.5. The van der Waals surface area contributed by atoms with Crippen molar-refractivity contribution in [2.45, 2.75) is 64.1 Å². The number of aryl methyl sites for hydroxylation is 1. The topological polar surface area (TPSA) is 80.4 Å². The van der Waals surface area contributed by atoms with Gasteiger partial charge in [-0.1, -0.05) is 37.0 Å². The van der Waals surface area contributed by atoms with Gasteiger partial charge in [0, 0.05) is 17.8 Å². The Kier molecular flexibility index (Phi) is 5.12. The summed E-state index contributed by atoms with van der Waals surface area (Å²) in [6.07, 6.45) is 7.00. The number of anilines is 1. The molecule has 1 saturated carbocycles. The highest BCUT2D eigenvalue weighted by molar-refractivity contribution is 6.12. The third kappa shape index (κ3) is 3.51. The predicted molar refractivity (Wildman–Crippen MR) is 121 cm³/mol. The molecular weight excluding hydrogens is 404 g/mol. The zero-order chi connectivity index (χ0) is 22.3. The first kappa shape index (κ1) is 20.5. The number of carbonyl (C=O) groups excluding carboxylic acids is 2. The largest absolute Gasteiger partial charge is 0.463 e. The monoisotopic (exact) mass is 432 g/mol. The summed E-state index contributed by atoms with van der Waals surface area (Å²) >= 11 is 0. The summed E-state index contributed by atoms with van der Waals surface area (Å²) in [4.78, 5) is 29.0. The minimum absolute atomic E-state index is 0.140. The molecule has 32 heavy (non-hydrogen) atoms. The lowest BCUT2D eigenvalue weighted by Gasteiger charge is -2.44. The standard InChI is InChI=1S/C25H28N4O3/c1-17-10-12-19(13-11-17)29-23(30)21-15-20(22-9-6-14-32-22)27-28(21)16-25(29,2)24(31)26-18-7-4-3-5-8-18/h6,9-15,18H,3-5,7-8,16H2,1-2H3,(H,26,31). The second-order valence-corrected chi connectivity index (χ2v) is 9.11. The Hall–Kier alpha value is -3.35. The Balaban J connectivity index is 1.55. The Morgan fingerprint density at radius 2 is 1.91 bits per heavy atom. The second kappa shape index (κ2) is 7.97. The van der Waals surface area contributed by atoms with Crippen LogP contribution in [-0.4, -0.2) is 33.2 Å². The molecule has 1 fully saturated rings. The van der Waals surface area contributed by atoms with Crippen molar-refractivity contribution >= 4 is 17.5 Å². The molecule has 7 heteroatoms. The van der Waals surface area contributed by atoms with E-state index in [4.69, 9.17) is 4.42 Å². The fourth-order valence-electron chi connectivity index (χ4n) is 4.81. The number of nitrogens with zero attached hydrogens (tertiary/aromatic N) is 3. The van der Waals surface area contributed by atoms with E-state index in [-0.39, 0.29) is 24.4 Å². The van der Waals surface area contributed by atoms with Crippen LogP contribution >= 0.6 is 0 Å². The van der Waals surface area contributed by atoms with Crippen LogP contribution in [0.15, 0.2) is 53.1 Å². The molecule has 3 heterocycles. The van der Waals surface area contributed by atoms with Crippen molar-refractivity contribution in [3.05, 3.63) is 60.0 Å². The van der Waals surface area contributed by atoms with Crippen molar-refractivity contribution in [3.8, 4) is 11.5 Å². The molecule has 1 N–H and O–H groups in total. The van der Waals surface area contributed by atoms with E-state index >= 15 is 0 Å². The quantitative estimate of drug-likeness (QED) is 0.666. The van der Waals surface area contributed by atoms with Crippen molar-refractivity contribution in [3.63, 3.8) is 0 Å². The molecular formula is C25H28N4O3. The highest BCUT2D eigenvalue weighted by atomic mass is 16.3. The zero-order valence-corrected chi connectivity index (χ0v) is 18.5. The summed E-state index contributed by atoms with van der Waals surface area (Å²) in [5, 5.41) is 7.84.